The molecule has 0 spiro atoms. The second-order valence-corrected chi connectivity index (χ2v) is 18.0. The van der Waals surface area contributed by atoms with E-state index in [-0.39, 0.29) is 17.7 Å². The highest BCUT2D eigenvalue weighted by atomic mass is 35.5. The van der Waals surface area contributed by atoms with Crippen molar-refractivity contribution < 1.29 is 14.4 Å². The maximum atomic E-state index is 12.3. The predicted octanol–water partition coefficient (Wildman–Crippen LogP) is 6.05. The zero-order valence-electron chi connectivity index (χ0n) is 35.7. The number of nitrogens with zero attached hydrogens (tertiary/aromatic N) is 8. The number of anilines is 5. The maximum absolute atomic E-state index is 12.3. The summed E-state index contributed by atoms with van der Waals surface area (Å²) in [6.07, 6.45) is 7.16. The van der Waals surface area contributed by atoms with Crippen molar-refractivity contribution in [3.63, 3.8) is 0 Å². The summed E-state index contributed by atoms with van der Waals surface area (Å²) in [4.78, 5) is 61.5. The molecule has 326 valence electrons. The third-order valence-corrected chi connectivity index (χ3v) is 13.5. The Hall–Kier alpha value is -4.67. The molecule has 1 unspecified atom stereocenters. The summed E-state index contributed by atoms with van der Waals surface area (Å²) in [7, 11) is 1.87. The first-order valence-corrected chi connectivity index (χ1v) is 22.9. The zero-order chi connectivity index (χ0) is 42.7. The standard InChI is InChI=1S/C37H50N10O3S.C8H10ClN/c1-27-39-33(41-37-38-24-31(26-48)51-37)23-34(40-27)47-21-15-44(16-22-47)12-2-11-43-13-9-28(10-14-43)25-45-17-19-46(20-18-45)30-5-3-29(4-6-30)32-7-8-35(49)42-36(32)50;1-6-4-3-5-7(9)8(6)10-2/h3-6,23-24,26,28,32H,2,7-22,25H2,1H3,(H,42,49,50)(H,38,39,40,41);3-5,10H,1-2H3. The Bertz CT molecular complexity index is 2060. The summed E-state index contributed by atoms with van der Waals surface area (Å²) in [6.45, 7) is 18.0. The number of rotatable bonds is 13. The molecule has 1 atom stereocenters. The van der Waals surface area contributed by atoms with E-state index in [1.807, 2.05) is 45.2 Å². The number of piperidine rings is 2. The minimum atomic E-state index is -0.224. The van der Waals surface area contributed by atoms with Gasteiger partial charge in [0.15, 0.2) is 11.4 Å². The summed E-state index contributed by atoms with van der Waals surface area (Å²) < 4.78 is 0. The van der Waals surface area contributed by atoms with E-state index in [1.54, 1.807) is 6.20 Å². The second-order valence-electron chi connectivity index (χ2n) is 16.5. The Morgan fingerprint density at radius 3 is 2.18 bits per heavy atom. The van der Waals surface area contributed by atoms with Gasteiger partial charge in [-0.15, -0.1) is 0 Å². The van der Waals surface area contributed by atoms with Gasteiger partial charge in [-0.1, -0.05) is 47.2 Å². The molecule has 3 N–H and O–H groups in total. The van der Waals surface area contributed by atoms with Crippen molar-refractivity contribution in [2.45, 2.75) is 51.9 Å². The molecule has 2 aromatic heterocycles. The third-order valence-electron chi connectivity index (χ3n) is 12.3. The van der Waals surface area contributed by atoms with E-state index in [0.717, 1.165) is 93.2 Å². The molecule has 16 heteroatoms. The molecule has 4 fully saturated rings. The lowest BCUT2D eigenvalue weighted by molar-refractivity contribution is -0.134. The van der Waals surface area contributed by atoms with E-state index < -0.39 is 0 Å². The number of hydrogen-bond donors (Lipinski definition) is 3. The van der Waals surface area contributed by atoms with Crippen LogP contribution in [0.5, 0.6) is 0 Å². The molecule has 61 heavy (non-hydrogen) atoms. The molecular formula is C45H60ClN11O3S. The maximum Gasteiger partial charge on any atom is 0.234 e. The summed E-state index contributed by atoms with van der Waals surface area (Å²) in [6, 6.07) is 16.2. The van der Waals surface area contributed by atoms with Crippen LogP contribution in [0.3, 0.4) is 0 Å². The summed E-state index contributed by atoms with van der Waals surface area (Å²) in [5.74, 6) is 2.56. The number of carbonyl (C=O) groups excluding carboxylic acids is 3. The van der Waals surface area contributed by atoms with Crippen LogP contribution < -0.4 is 25.8 Å². The predicted molar refractivity (Wildman–Crippen MR) is 246 cm³/mol. The van der Waals surface area contributed by atoms with E-state index >= 15 is 0 Å². The van der Waals surface area contributed by atoms with Gasteiger partial charge in [-0.3, -0.25) is 29.5 Å². The van der Waals surface area contributed by atoms with Crippen LogP contribution in [0.1, 0.15) is 64.6 Å². The molecule has 6 heterocycles. The largest absolute Gasteiger partial charge is 0.387 e. The number of aldehydes is 1. The molecular weight excluding hydrogens is 810 g/mol. The van der Waals surface area contributed by atoms with Crippen LogP contribution in [0, 0.1) is 19.8 Å². The van der Waals surface area contributed by atoms with Gasteiger partial charge in [-0.2, -0.15) is 0 Å². The third kappa shape index (κ3) is 12.3. The number of aromatic nitrogens is 3. The highest BCUT2D eigenvalue weighted by Crippen LogP contribution is 2.29. The van der Waals surface area contributed by atoms with Gasteiger partial charge in [0.25, 0.3) is 0 Å². The van der Waals surface area contributed by atoms with Gasteiger partial charge in [0.05, 0.1) is 27.7 Å². The van der Waals surface area contributed by atoms with Crippen molar-refractivity contribution in [2.24, 2.45) is 5.92 Å². The van der Waals surface area contributed by atoms with Gasteiger partial charge < -0.3 is 25.3 Å². The van der Waals surface area contributed by atoms with Crippen molar-refractivity contribution in [2.75, 3.05) is 113 Å². The topological polar surface area (TPSA) is 142 Å². The molecule has 14 nitrogen and oxygen atoms in total. The molecule has 8 rings (SSSR count). The Morgan fingerprint density at radius 1 is 0.852 bits per heavy atom. The van der Waals surface area contributed by atoms with Gasteiger partial charge >= 0.3 is 0 Å². The lowest BCUT2D eigenvalue weighted by Gasteiger charge is -2.40. The number of imide groups is 1. The lowest BCUT2D eigenvalue weighted by atomic mass is 9.90. The van der Waals surface area contributed by atoms with E-state index in [9.17, 15) is 14.4 Å². The van der Waals surface area contributed by atoms with Crippen LogP contribution in [0.4, 0.5) is 28.1 Å². The Balaban J connectivity index is 0.000000494. The summed E-state index contributed by atoms with van der Waals surface area (Å²) in [5, 5.41) is 10.2. The number of benzene rings is 2. The van der Waals surface area contributed by atoms with Crippen molar-refractivity contribution in [1.82, 2.24) is 35.0 Å². The van der Waals surface area contributed by atoms with Crippen LogP contribution in [-0.4, -0.2) is 140 Å². The van der Waals surface area contributed by atoms with E-state index in [4.69, 9.17) is 16.6 Å². The highest BCUT2D eigenvalue weighted by Gasteiger charge is 2.29. The Kier molecular flexibility index (Phi) is 15.6. The van der Waals surface area contributed by atoms with Crippen LogP contribution in [-0.2, 0) is 9.59 Å². The number of halogens is 1. The second kappa shape index (κ2) is 21.4. The number of piperazine rings is 2. The number of aryl methyl sites for hydroxylation is 2. The zero-order valence-corrected chi connectivity index (χ0v) is 37.3. The van der Waals surface area contributed by atoms with Crippen molar-refractivity contribution in [1.29, 1.82) is 0 Å². The average molecular weight is 871 g/mol. The van der Waals surface area contributed by atoms with E-state index in [0.29, 0.717) is 34.5 Å². The lowest BCUT2D eigenvalue weighted by Crippen LogP contribution is -2.49. The van der Waals surface area contributed by atoms with Crippen LogP contribution in [0.25, 0.3) is 0 Å². The number of likely N-dealkylation sites (tertiary alicyclic amines) is 1. The monoisotopic (exact) mass is 869 g/mol. The number of hydrogen-bond acceptors (Lipinski definition) is 14. The number of nitrogens with one attached hydrogen (secondary N) is 3. The van der Waals surface area contributed by atoms with Gasteiger partial charge in [-0.05, 0) is 101 Å². The Labute approximate surface area is 369 Å². The fraction of sp³-hybridized carbons (Fsp3) is 0.511. The molecule has 0 saturated carbocycles. The average Bonchev–Trinajstić information content (AvgIpc) is 3.72. The smallest absolute Gasteiger partial charge is 0.234 e. The minimum absolute atomic E-state index is 0.167. The van der Waals surface area contributed by atoms with Gasteiger partial charge in [0, 0.05) is 84.1 Å². The van der Waals surface area contributed by atoms with Crippen molar-refractivity contribution >= 4 is 69.2 Å². The van der Waals surface area contributed by atoms with Crippen LogP contribution >= 0.6 is 22.9 Å². The van der Waals surface area contributed by atoms with Gasteiger partial charge in [0.1, 0.15) is 17.5 Å². The van der Waals surface area contributed by atoms with Crippen LogP contribution in [0.2, 0.25) is 5.02 Å². The van der Waals surface area contributed by atoms with Crippen LogP contribution in [0.15, 0.2) is 54.7 Å². The van der Waals surface area contributed by atoms with Crippen molar-refractivity contribution in [3.05, 3.63) is 81.6 Å². The molecule has 4 aliphatic heterocycles. The molecule has 4 aromatic rings. The molecule has 0 radical (unpaired) electrons. The quantitative estimate of drug-likeness (QED) is 0.106. The van der Waals surface area contributed by atoms with Gasteiger partial charge in [0.2, 0.25) is 11.8 Å². The summed E-state index contributed by atoms with van der Waals surface area (Å²) in [5.41, 5.74) is 4.40. The first-order chi connectivity index (χ1) is 29.6. The number of para-hydroxylation sites is 1. The first kappa shape index (κ1) is 44.4. The number of carbonyl (C=O) groups is 3. The SMILES string of the molecule is CNc1c(C)cccc1Cl.Cc1nc(Nc2ncc(C=O)s2)cc(N2CCN(CCCN3CCC(CN4CCN(c5ccc(C6CCC(=O)NC6=O)cc5)CC4)CC3)CC2)n1. The fourth-order valence-corrected chi connectivity index (χ4v) is 9.78. The molecule has 0 bridgehead atoms. The molecule has 4 saturated heterocycles. The molecule has 0 aliphatic carbocycles. The summed E-state index contributed by atoms with van der Waals surface area (Å²) >= 11 is 7.18. The normalized spacial score (nSPS) is 19.6. The van der Waals surface area contributed by atoms with Gasteiger partial charge in [-0.25, -0.2) is 15.0 Å². The first-order valence-electron chi connectivity index (χ1n) is 21.7. The minimum Gasteiger partial charge on any atom is -0.387 e. The number of thiazole rings is 1. The molecule has 2 aromatic carbocycles. The van der Waals surface area contributed by atoms with Crippen molar-refractivity contribution in [3.8, 4) is 0 Å². The van der Waals surface area contributed by atoms with E-state index in [1.165, 1.54) is 68.0 Å². The van der Waals surface area contributed by atoms with E-state index in [2.05, 4.69) is 74.7 Å². The highest BCUT2D eigenvalue weighted by molar-refractivity contribution is 7.17. The Morgan fingerprint density at radius 2 is 1.54 bits per heavy atom. The molecule has 2 amide bonds. The number of amides is 2. The fourth-order valence-electron chi connectivity index (χ4n) is 8.83. The molecule has 4 aliphatic rings.